The van der Waals surface area contributed by atoms with E-state index in [1.807, 2.05) is 30.3 Å². The number of rotatable bonds is 3. The van der Waals surface area contributed by atoms with Crippen molar-refractivity contribution in [3.8, 4) is 0 Å². The number of aromatic nitrogens is 2. The van der Waals surface area contributed by atoms with Gasteiger partial charge in [0.2, 0.25) is 5.82 Å². The molecule has 0 bridgehead atoms. The van der Waals surface area contributed by atoms with E-state index < -0.39 is 10.8 Å². The molecule has 0 saturated carbocycles. The predicted molar refractivity (Wildman–Crippen MR) is 63.1 cm³/mol. The molecular weight excluding hydrogens is 236 g/mol. The average Bonchev–Trinajstić information content (AvgIpc) is 2.79. The summed E-state index contributed by atoms with van der Waals surface area (Å²) in [5.74, 6) is -0.651. The standard InChI is InChI=1S/C11H10N4O3/c16-13-11(15(17)18)10-12-6-7-14(10)8-9-4-2-1-3-5-9/h1-7,16H,8H2/b13-11+. The lowest BCUT2D eigenvalue weighted by molar-refractivity contribution is -0.351. The van der Waals surface area contributed by atoms with Crippen LogP contribution in [-0.2, 0) is 6.54 Å². The average molecular weight is 246 g/mol. The summed E-state index contributed by atoms with van der Waals surface area (Å²) < 4.78 is 1.55. The smallest absolute Gasteiger partial charge is 0.358 e. The minimum absolute atomic E-state index is 0.0198. The molecule has 0 aliphatic heterocycles. The lowest BCUT2D eigenvalue weighted by Gasteiger charge is -2.05. The number of oxime groups is 1. The molecular formula is C11H10N4O3. The molecule has 1 aromatic carbocycles. The van der Waals surface area contributed by atoms with Crippen LogP contribution in [-0.4, -0.2) is 25.5 Å². The van der Waals surface area contributed by atoms with Crippen LogP contribution in [0.1, 0.15) is 11.4 Å². The first kappa shape index (κ1) is 11.8. The molecule has 2 aromatic rings. The second-order valence-electron chi connectivity index (χ2n) is 3.55. The largest absolute Gasteiger partial charge is 0.452 e. The zero-order valence-corrected chi connectivity index (χ0v) is 9.30. The molecule has 0 saturated heterocycles. The van der Waals surface area contributed by atoms with Crippen LogP contribution in [0.15, 0.2) is 47.9 Å². The van der Waals surface area contributed by atoms with Gasteiger partial charge in [-0.2, -0.15) is 0 Å². The third kappa shape index (κ3) is 2.34. The fraction of sp³-hybridized carbons (Fsp3) is 0.0909. The number of hydrogen-bond acceptors (Lipinski definition) is 5. The zero-order valence-electron chi connectivity index (χ0n) is 9.30. The van der Waals surface area contributed by atoms with Crippen LogP contribution >= 0.6 is 0 Å². The van der Waals surface area contributed by atoms with Crippen LogP contribution in [0.2, 0.25) is 0 Å². The molecule has 1 heterocycles. The van der Waals surface area contributed by atoms with E-state index in [0.29, 0.717) is 6.54 Å². The molecule has 92 valence electrons. The first-order chi connectivity index (χ1) is 8.72. The van der Waals surface area contributed by atoms with Gasteiger partial charge in [0.15, 0.2) is 5.16 Å². The van der Waals surface area contributed by atoms with Gasteiger partial charge in [-0.05, 0) is 10.5 Å². The summed E-state index contributed by atoms with van der Waals surface area (Å²) >= 11 is 0. The van der Waals surface area contributed by atoms with Crippen molar-refractivity contribution >= 4 is 5.84 Å². The third-order valence-electron chi connectivity index (χ3n) is 2.38. The van der Waals surface area contributed by atoms with E-state index in [1.165, 1.54) is 6.20 Å². The summed E-state index contributed by atoms with van der Waals surface area (Å²) in [6.45, 7) is 0.420. The molecule has 0 amide bonds. The molecule has 0 aliphatic carbocycles. The van der Waals surface area contributed by atoms with Crippen molar-refractivity contribution in [1.82, 2.24) is 9.55 Å². The summed E-state index contributed by atoms with van der Waals surface area (Å²) in [6, 6.07) is 9.42. The van der Waals surface area contributed by atoms with E-state index in [1.54, 1.807) is 10.8 Å². The van der Waals surface area contributed by atoms with Crippen molar-refractivity contribution in [1.29, 1.82) is 0 Å². The SMILES string of the molecule is O=[N+]([O-])/C(=N/O)c1nccn1Cc1ccccc1. The van der Waals surface area contributed by atoms with Gasteiger partial charge >= 0.3 is 5.84 Å². The van der Waals surface area contributed by atoms with Gasteiger partial charge in [0.1, 0.15) is 0 Å². The van der Waals surface area contributed by atoms with Crippen LogP contribution in [0, 0.1) is 10.1 Å². The third-order valence-corrected chi connectivity index (χ3v) is 2.38. The molecule has 0 spiro atoms. The molecule has 7 heteroatoms. The van der Waals surface area contributed by atoms with Gasteiger partial charge in [-0.3, -0.25) is 0 Å². The van der Waals surface area contributed by atoms with Crippen LogP contribution in [0.5, 0.6) is 0 Å². The van der Waals surface area contributed by atoms with Crippen LogP contribution in [0.25, 0.3) is 0 Å². The van der Waals surface area contributed by atoms with Gasteiger partial charge < -0.3 is 19.9 Å². The molecule has 1 N–H and O–H groups in total. The summed E-state index contributed by atoms with van der Waals surface area (Å²) in [7, 11) is 0. The minimum Gasteiger partial charge on any atom is -0.358 e. The maximum Gasteiger partial charge on any atom is 0.452 e. The highest BCUT2D eigenvalue weighted by Gasteiger charge is 2.22. The van der Waals surface area contributed by atoms with Crippen molar-refractivity contribution < 1.29 is 10.1 Å². The number of imidazole rings is 1. The summed E-state index contributed by atoms with van der Waals surface area (Å²) in [4.78, 5) is 13.8. The number of nitrogens with zero attached hydrogens (tertiary/aromatic N) is 4. The Hall–Kier alpha value is -2.70. The Labute approximate surface area is 102 Å². The lowest BCUT2D eigenvalue weighted by atomic mass is 10.2. The zero-order chi connectivity index (χ0) is 13.0. The number of benzene rings is 1. The summed E-state index contributed by atoms with van der Waals surface area (Å²) in [5.41, 5.74) is 0.970. The molecule has 0 aliphatic rings. The number of amidine groups is 1. The van der Waals surface area contributed by atoms with Gasteiger partial charge in [0.25, 0.3) is 0 Å². The predicted octanol–water partition coefficient (Wildman–Crippen LogP) is 1.34. The Morgan fingerprint density at radius 2 is 2.17 bits per heavy atom. The van der Waals surface area contributed by atoms with Gasteiger partial charge in [-0.25, -0.2) is 4.98 Å². The Kier molecular flexibility index (Phi) is 3.33. The van der Waals surface area contributed by atoms with Crippen molar-refractivity contribution in [2.45, 2.75) is 6.54 Å². The minimum atomic E-state index is -0.774. The second kappa shape index (κ2) is 5.09. The molecule has 2 rings (SSSR count). The fourth-order valence-corrected chi connectivity index (χ4v) is 1.59. The highest BCUT2D eigenvalue weighted by atomic mass is 16.6. The second-order valence-corrected chi connectivity index (χ2v) is 3.55. The lowest BCUT2D eigenvalue weighted by Crippen LogP contribution is -2.19. The summed E-state index contributed by atoms with van der Waals surface area (Å²) in [5, 5.41) is 22.0. The Morgan fingerprint density at radius 1 is 1.44 bits per heavy atom. The Bertz CT molecular complexity index is 577. The number of nitro groups is 1. The van der Waals surface area contributed by atoms with E-state index in [-0.39, 0.29) is 5.82 Å². The van der Waals surface area contributed by atoms with E-state index in [4.69, 9.17) is 5.21 Å². The molecule has 0 fully saturated rings. The topological polar surface area (TPSA) is 93.6 Å². The van der Waals surface area contributed by atoms with Crippen LogP contribution in [0.4, 0.5) is 0 Å². The Balaban J connectivity index is 2.31. The van der Waals surface area contributed by atoms with Gasteiger partial charge in [-0.15, -0.1) is 0 Å². The van der Waals surface area contributed by atoms with Crippen molar-refractivity contribution in [2.75, 3.05) is 0 Å². The first-order valence-corrected chi connectivity index (χ1v) is 5.14. The van der Waals surface area contributed by atoms with Gasteiger partial charge in [0.05, 0.1) is 0 Å². The van der Waals surface area contributed by atoms with E-state index >= 15 is 0 Å². The van der Waals surface area contributed by atoms with Gasteiger partial charge in [0, 0.05) is 18.9 Å². The maximum atomic E-state index is 10.7. The molecule has 0 radical (unpaired) electrons. The highest BCUT2D eigenvalue weighted by Crippen LogP contribution is 2.06. The molecule has 7 nitrogen and oxygen atoms in total. The molecule has 18 heavy (non-hydrogen) atoms. The van der Waals surface area contributed by atoms with E-state index in [2.05, 4.69) is 10.1 Å². The highest BCUT2D eigenvalue weighted by molar-refractivity contribution is 5.88. The van der Waals surface area contributed by atoms with Crippen molar-refractivity contribution in [2.24, 2.45) is 5.16 Å². The maximum absolute atomic E-state index is 10.7. The normalized spacial score (nSPS) is 11.4. The number of hydrogen-bond donors (Lipinski definition) is 1. The van der Waals surface area contributed by atoms with Crippen LogP contribution < -0.4 is 0 Å². The molecule has 1 aromatic heterocycles. The molecule has 0 atom stereocenters. The van der Waals surface area contributed by atoms with E-state index in [9.17, 15) is 10.1 Å². The monoisotopic (exact) mass is 246 g/mol. The van der Waals surface area contributed by atoms with Crippen LogP contribution in [0.3, 0.4) is 0 Å². The quantitative estimate of drug-likeness (QED) is 0.291. The first-order valence-electron chi connectivity index (χ1n) is 5.14. The van der Waals surface area contributed by atoms with Gasteiger partial charge in [-0.1, -0.05) is 30.3 Å². The van der Waals surface area contributed by atoms with Crippen molar-refractivity contribution in [3.05, 3.63) is 64.2 Å². The van der Waals surface area contributed by atoms with E-state index in [0.717, 1.165) is 5.56 Å². The van der Waals surface area contributed by atoms with Crippen molar-refractivity contribution in [3.63, 3.8) is 0 Å². The fourth-order valence-electron chi connectivity index (χ4n) is 1.59. The summed E-state index contributed by atoms with van der Waals surface area (Å²) in [6.07, 6.45) is 3.02. The molecule has 0 unspecified atom stereocenters. The Morgan fingerprint density at radius 3 is 2.78 bits per heavy atom.